The van der Waals surface area contributed by atoms with E-state index in [1.54, 1.807) is 0 Å². The molecule has 0 amide bonds. The lowest BCUT2D eigenvalue weighted by molar-refractivity contribution is 0.355. The number of nitrogens with two attached hydrogens (primary N) is 1. The van der Waals surface area contributed by atoms with Crippen LogP contribution in [0.4, 0.5) is 0 Å². The maximum atomic E-state index is 6.27. The largest absolute Gasteiger partial charge is 0.480 e. The molecule has 1 unspecified atom stereocenters. The first kappa shape index (κ1) is 14.6. The Kier molecular flexibility index (Phi) is 4.42. The van der Waals surface area contributed by atoms with Gasteiger partial charge < -0.3 is 15.2 Å². The van der Waals surface area contributed by atoms with Crippen LogP contribution in [0.3, 0.4) is 0 Å². The normalized spacial score (nSPS) is 12.1. The van der Waals surface area contributed by atoms with Gasteiger partial charge in [-0.25, -0.2) is 4.98 Å². The minimum absolute atomic E-state index is 0.344. The van der Waals surface area contributed by atoms with E-state index in [4.69, 9.17) is 26.8 Å². The summed E-state index contributed by atoms with van der Waals surface area (Å²) in [5.41, 5.74) is 8.73. The van der Waals surface area contributed by atoms with Gasteiger partial charge in [0.1, 0.15) is 5.69 Å². The highest BCUT2D eigenvalue weighted by Crippen LogP contribution is 2.29. The van der Waals surface area contributed by atoms with Crippen molar-refractivity contribution in [2.45, 2.75) is 13.0 Å². The molecule has 0 spiro atoms. The average molecular weight is 294 g/mol. The molecule has 2 rings (SSSR count). The van der Waals surface area contributed by atoms with E-state index in [9.17, 15) is 0 Å². The Bertz CT molecular complexity index is 619. The van der Waals surface area contributed by atoms with Crippen LogP contribution in [0.15, 0.2) is 24.4 Å². The molecule has 6 heteroatoms. The molecule has 0 bridgehead atoms. The summed E-state index contributed by atoms with van der Waals surface area (Å²) in [5.74, 6) is 0.719. The van der Waals surface area contributed by atoms with Gasteiger partial charge in [-0.2, -0.15) is 4.98 Å². The number of nitrogens with zero attached hydrogens (tertiary/aromatic N) is 2. The second-order valence-corrected chi connectivity index (χ2v) is 4.72. The molecule has 0 fully saturated rings. The third kappa shape index (κ3) is 2.84. The lowest BCUT2D eigenvalue weighted by atomic mass is 9.99. The molecule has 0 aliphatic rings. The second-order valence-electron chi connectivity index (χ2n) is 4.29. The molecular formula is C14H16ClN3O2. The fourth-order valence-corrected chi connectivity index (χ4v) is 2.10. The number of methoxy groups -OCH3 is 2. The van der Waals surface area contributed by atoms with Crippen molar-refractivity contribution in [3.05, 3.63) is 46.2 Å². The molecule has 0 radical (unpaired) electrons. The van der Waals surface area contributed by atoms with Crippen LogP contribution in [-0.4, -0.2) is 24.2 Å². The van der Waals surface area contributed by atoms with E-state index in [2.05, 4.69) is 9.97 Å². The zero-order chi connectivity index (χ0) is 14.7. The molecule has 1 heterocycles. The molecule has 2 aromatic rings. The first-order chi connectivity index (χ1) is 9.56. The quantitative estimate of drug-likeness (QED) is 0.938. The Labute approximate surface area is 122 Å². The molecule has 0 aliphatic carbocycles. The fourth-order valence-electron chi connectivity index (χ4n) is 1.92. The van der Waals surface area contributed by atoms with E-state index in [1.807, 2.05) is 25.1 Å². The number of benzene rings is 1. The summed E-state index contributed by atoms with van der Waals surface area (Å²) in [5, 5.41) is 0.626. The van der Waals surface area contributed by atoms with Crippen molar-refractivity contribution in [1.82, 2.24) is 9.97 Å². The van der Waals surface area contributed by atoms with Crippen molar-refractivity contribution in [2.24, 2.45) is 5.73 Å². The molecule has 2 N–H and O–H groups in total. The Morgan fingerprint density at radius 1 is 1.25 bits per heavy atom. The number of aromatic nitrogens is 2. The Balaban J connectivity index is 2.47. The van der Waals surface area contributed by atoms with E-state index in [1.165, 1.54) is 20.4 Å². The monoisotopic (exact) mass is 293 g/mol. The van der Waals surface area contributed by atoms with Gasteiger partial charge in [0.05, 0.1) is 26.5 Å². The van der Waals surface area contributed by atoms with Gasteiger partial charge in [-0.05, 0) is 30.2 Å². The Morgan fingerprint density at radius 3 is 2.65 bits per heavy atom. The summed E-state index contributed by atoms with van der Waals surface area (Å²) in [6, 6.07) is 5.10. The Hall–Kier alpha value is -1.85. The van der Waals surface area contributed by atoms with Gasteiger partial charge in [0.15, 0.2) is 0 Å². The molecule has 0 aliphatic heterocycles. The molecule has 1 aromatic heterocycles. The first-order valence-corrected chi connectivity index (χ1v) is 6.41. The van der Waals surface area contributed by atoms with Crippen LogP contribution in [0.1, 0.15) is 22.9 Å². The van der Waals surface area contributed by atoms with Crippen LogP contribution in [0.25, 0.3) is 0 Å². The van der Waals surface area contributed by atoms with Gasteiger partial charge in [0.25, 0.3) is 0 Å². The van der Waals surface area contributed by atoms with Crippen LogP contribution in [0.2, 0.25) is 5.02 Å². The van der Waals surface area contributed by atoms with Crippen LogP contribution >= 0.6 is 11.6 Å². The van der Waals surface area contributed by atoms with Gasteiger partial charge >= 0.3 is 0 Å². The number of ether oxygens (including phenoxy) is 2. The smallest absolute Gasteiger partial charge is 0.240 e. The molecule has 1 aromatic carbocycles. The van der Waals surface area contributed by atoms with Crippen LogP contribution < -0.4 is 15.2 Å². The van der Waals surface area contributed by atoms with Gasteiger partial charge in [-0.15, -0.1) is 0 Å². The number of rotatable bonds is 4. The maximum absolute atomic E-state index is 6.27. The standard InChI is InChI=1S/C14H16ClN3O2/c1-8-4-5-9(15)6-10(8)12(16)13-14(20-3)18-11(19-2)7-17-13/h4-7,12H,16H2,1-3H3. The molecule has 1 atom stereocenters. The minimum Gasteiger partial charge on any atom is -0.480 e. The van der Waals surface area contributed by atoms with Crippen LogP contribution in [0, 0.1) is 6.92 Å². The molecule has 106 valence electrons. The second kappa shape index (κ2) is 6.07. The lowest BCUT2D eigenvalue weighted by Crippen LogP contribution is -2.17. The van der Waals surface area contributed by atoms with Crippen molar-refractivity contribution in [3.8, 4) is 11.8 Å². The molecule has 0 saturated carbocycles. The summed E-state index contributed by atoms with van der Waals surface area (Å²) >= 11 is 6.03. The molecule has 5 nitrogen and oxygen atoms in total. The third-order valence-electron chi connectivity index (χ3n) is 3.02. The van der Waals surface area contributed by atoms with Crippen molar-refractivity contribution in [3.63, 3.8) is 0 Å². The predicted octanol–water partition coefficient (Wildman–Crippen LogP) is 2.50. The van der Waals surface area contributed by atoms with Gasteiger partial charge in [0.2, 0.25) is 11.8 Å². The van der Waals surface area contributed by atoms with E-state index in [0.29, 0.717) is 22.5 Å². The number of hydrogen-bond donors (Lipinski definition) is 1. The highest BCUT2D eigenvalue weighted by atomic mass is 35.5. The van der Waals surface area contributed by atoms with Crippen LogP contribution in [-0.2, 0) is 0 Å². The summed E-state index contributed by atoms with van der Waals surface area (Å²) < 4.78 is 10.3. The number of halogens is 1. The summed E-state index contributed by atoms with van der Waals surface area (Å²) in [7, 11) is 3.04. The fraction of sp³-hybridized carbons (Fsp3) is 0.286. The van der Waals surface area contributed by atoms with E-state index < -0.39 is 6.04 Å². The van der Waals surface area contributed by atoms with Gasteiger partial charge in [-0.1, -0.05) is 17.7 Å². The van der Waals surface area contributed by atoms with Gasteiger partial charge in [0, 0.05) is 5.02 Å². The zero-order valence-corrected chi connectivity index (χ0v) is 12.3. The zero-order valence-electron chi connectivity index (χ0n) is 11.6. The minimum atomic E-state index is -0.470. The van der Waals surface area contributed by atoms with Crippen molar-refractivity contribution < 1.29 is 9.47 Å². The SMILES string of the molecule is COc1cnc(C(N)c2cc(Cl)ccc2C)c(OC)n1. The summed E-state index contributed by atoms with van der Waals surface area (Å²) in [6.07, 6.45) is 1.51. The molecular weight excluding hydrogens is 278 g/mol. The lowest BCUT2D eigenvalue weighted by Gasteiger charge is -2.17. The topological polar surface area (TPSA) is 70.3 Å². The summed E-state index contributed by atoms with van der Waals surface area (Å²) in [4.78, 5) is 8.48. The first-order valence-electron chi connectivity index (χ1n) is 6.03. The van der Waals surface area contributed by atoms with Crippen molar-refractivity contribution in [2.75, 3.05) is 14.2 Å². The van der Waals surface area contributed by atoms with Crippen LogP contribution in [0.5, 0.6) is 11.8 Å². The molecule has 20 heavy (non-hydrogen) atoms. The number of hydrogen-bond acceptors (Lipinski definition) is 5. The van der Waals surface area contributed by atoms with E-state index in [0.717, 1.165) is 11.1 Å². The van der Waals surface area contributed by atoms with Gasteiger partial charge in [-0.3, -0.25) is 0 Å². The Morgan fingerprint density at radius 2 is 2.00 bits per heavy atom. The predicted molar refractivity (Wildman–Crippen MR) is 77.4 cm³/mol. The third-order valence-corrected chi connectivity index (χ3v) is 3.25. The van der Waals surface area contributed by atoms with E-state index in [-0.39, 0.29) is 0 Å². The number of aryl methyl sites for hydroxylation is 1. The van der Waals surface area contributed by atoms with Crippen molar-refractivity contribution >= 4 is 11.6 Å². The maximum Gasteiger partial charge on any atom is 0.240 e. The average Bonchev–Trinajstić information content (AvgIpc) is 2.48. The molecule has 0 saturated heterocycles. The summed E-state index contributed by atoms with van der Waals surface area (Å²) in [6.45, 7) is 1.97. The van der Waals surface area contributed by atoms with Crippen molar-refractivity contribution in [1.29, 1.82) is 0 Å². The highest BCUT2D eigenvalue weighted by molar-refractivity contribution is 6.30. The van der Waals surface area contributed by atoms with E-state index >= 15 is 0 Å². The highest BCUT2D eigenvalue weighted by Gasteiger charge is 2.19.